The number of carbonyl (C=O) groups is 1. The summed E-state index contributed by atoms with van der Waals surface area (Å²) in [6.07, 6.45) is 3.07. The fourth-order valence-corrected chi connectivity index (χ4v) is 2.39. The van der Waals surface area contributed by atoms with E-state index in [-0.39, 0.29) is 5.91 Å². The van der Waals surface area contributed by atoms with Crippen molar-refractivity contribution >= 4 is 5.91 Å². The average molecular weight is 294 g/mol. The molecule has 0 aliphatic heterocycles. The van der Waals surface area contributed by atoms with E-state index in [2.05, 4.69) is 12.2 Å². The number of benzene rings is 1. The molecule has 0 saturated carbocycles. The van der Waals surface area contributed by atoms with Gasteiger partial charge in [-0.3, -0.25) is 4.79 Å². The Bertz CT molecular complexity index is 443. The smallest absolute Gasteiger partial charge is 0.255 e. The Morgan fingerprint density at radius 2 is 2.05 bits per heavy atom. The second-order valence-corrected chi connectivity index (χ2v) is 4.98. The normalized spacial score (nSPS) is 11.8. The number of carbonyl (C=O) groups excluding carboxylic acids is 1. The van der Waals surface area contributed by atoms with E-state index >= 15 is 0 Å². The van der Waals surface area contributed by atoms with Crippen LogP contribution in [0.15, 0.2) is 18.2 Å². The van der Waals surface area contributed by atoms with Crippen molar-refractivity contribution in [3.63, 3.8) is 0 Å². The lowest BCUT2D eigenvalue weighted by atomic mass is 9.99. The maximum Gasteiger partial charge on any atom is 0.255 e. The molecule has 0 saturated heterocycles. The van der Waals surface area contributed by atoms with Gasteiger partial charge in [0.15, 0.2) is 11.5 Å². The van der Waals surface area contributed by atoms with E-state index in [0.717, 1.165) is 19.3 Å². The number of nitrogens with two attached hydrogens (primary N) is 1. The van der Waals surface area contributed by atoms with Crippen LogP contribution in [-0.4, -0.2) is 33.2 Å². The van der Waals surface area contributed by atoms with Crippen molar-refractivity contribution in [3.8, 4) is 11.5 Å². The van der Waals surface area contributed by atoms with E-state index in [9.17, 15) is 4.79 Å². The zero-order valence-electron chi connectivity index (χ0n) is 13.1. The Labute approximate surface area is 126 Å². The van der Waals surface area contributed by atoms with Crippen molar-refractivity contribution in [2.24, 2.45) is 11.7 Å². The van der Waals surface area contributed by atoms with Gasteiger partial charge in [-0.05, 0) is 37.4 Å². The number of ether oxygens (including phenoxy) is 2. The van der Waals surface area contributed by atoms with E-state index in [1.807, 2.05) is 0 Å². The molecule has 3 N–H and O–H groups in total. The fourth-order valence-electron chi connectivity index (χ4n) is 2.39. The Morgan fingerprint density at radius 3 is 2.62 bits per heavy atom. The Hall–Kier alpha value is -1.75. The molecule has 1 rings (SSSR count). The quantitative estimate of drug-likeness (QED) is 0.732. The van der Waals surface area contributed by atoms with Gasteiger partial charge in [0, 0.05) is 6.54 Å². The molecule has 5 heteroatoms. The van der Waals surface area contributed by atoms with Crippen molar-refractivity contribution in [2.45, 2.75) is 26.2 Å². The van der Waals surface area contributed by atoms with Crippen LogP contribution in [0.3, 0.4) is 0 Å². The molecular formula is C16H26N2O3. The molecule has 1 aromatic rings. The first-order chi connectivity index (χ1) is 10.2. The summed E-state index contributed by atoms with van der Waals surface area (Å²) in [4.78, 5) is 12.3. The molecule has 0 heterocycles. The Kier molecular flexibility index (Phi) is 7.61. The summed E-state index contributed by atoms with van der Waals surface area (Å²) in [6.45, 7) is 3.41. The molecule has 1 unspecified atom stereocenters. The van der Waals surface area contributed by atoms with Gasteiger partial charge in [0.25, 0.3) is 5.91 Å². The molecule has 0 spiro atoms. The van der Waals surface area contributed by atoms with E-state index in [0.29, 0.717) is 36.1 Å². The number of methoxy groups -OCH3 is 2. The summed E-state index contributed by atoms with van der Waals surface area (Å²) >= 11 is 0. The van der Waals surface area contributed by atoms with Crippen LogP contribution in [0, 0.1) is 5.92 Å². The minimum absolute atomic E-state index is 0.149. The molecule has 0 aliphatic carbocycles. The molecule has 0 bridgehead atoms. The molecule has 118 valence electrons. The average Bonchev–Trinajstić information content (AvgIpc) is 2.51. The first kappa shape index (κ1) is 17.3. The maximum atomic E-state index is 12.3. The van der Waals surface area contributed by atoms with Crippen LogP contribution >= 0.6 is 0 Å². The largest absolute Gasteiger partial charge is 0.493 e. The lowest BCUT2D eigenvalue weighted by Gasteiger charge is -2.17. The predicted octanol–water partition coefficient (Wildman–Crippen LogP) is 2.20. The van der Waals surface area contributed by atoms with E-state index in [4.69, 9.17) is 15.2 Å². The van der Waals surface area contributed by atoms with E-state index in [1.54, 1.807) is 25.3 Å². The van der Waals surface area contributed by atoms with Gasteiger partial charge in [0.1, 0.15) is 0 Å². The molecule has 0 radical (unpaired) electrons. The van der Waals surface area contributed by atoms with Crippen molar-refractivity contribution in [2.75, 3.05) is 27.3 Å². The van der Waals surface area contributed by atoms with Crippen LogP contribution < -0.4 is 20.5 Å². The molecule has 5 nitrogen and oxygen atoms in total. The van der Waals surface area contributed by atoms with Gasteiger partial charge >= 0.3 is 0 Å². The standard InChI is InChI=1S/C16H26N2O3/c1-4-6-12(9-10-17)11-18-16(19)13-7-5-8-14(20-2)15(13)21-3/h5,7-8,12H,4,6,9-11,17H2,1-3H3,(H,18,19). The summed E-state index contributed by atoms with van der Waals surface area (Å²) in [6, 6.07) is 5.28. The second-order valence-electron chi connectivity index (χ2n) is 4.98. The lowest BCUT2D eigenvalue weighted by molar-refractivity contribution is 0.0942. The van der Waals surface area contributed by atoms with Gasteiger partial charge in [-0.1, -0.05) is 19.4 Å². The highest BCUT2D eigenvalue weighted by molar-refractivity contribution is 5.97. The van der Waals surface area contributed by atoms with Crippen LogP contribution in [0.25, 0.3) is 0 Å². The molecule has 1 atom stereocenters. The highest BCUT2D eigenvalue weighted by atomic mass is 16.5. The number of nitrogens with one attached hydrogen (secondary N) is 1. The van der Waals surface area contributed by atoms with Gasteiger partial charge in [0.05, 0.1) is 19.8 Å². The summed E-state index contributed by atoms with van der Waals surface area (Å²) in [5.41, 5.74) is 6.10. The second kappa shape index (κ2) is 9.23. The lowest BCUT2D eigenvalue weighted by Crippen LogP contribution is -2.30. The van der Waals surface area contributed by atoms with Crippen LogP contribution in [0.1, 0.15) is 36.5 Å². The first-order valence-corrected chi connectivity index (χ1v) is 7.37. The summed E-state index contributed by atoms with van der Waals surface area (Å²) in [5.74, 6) is 1.28. The summed E-state index contributed by atoms with van der Waals surface area (Å²) in [5, 5.41) is 2.96. The molecule has 1 aromatic carbocycles. The highest BCUT2D eigenvalue weighted by Gasteiger charge is 2.17. The Balaban J connectivity index is 2.75. The maximum absolute atomic E-state index is 12.3. The van der Waals surface area contributed by atoms with Crippen LogP contribution in [0.4, 0.5) is 0 Å². The Morgan fingerprint density at radius 1 is 1.29 bits per heavy atom. The summed E-state index contributed by atoms with van der Waals surface area (Å²) < 4.78 is 10.5. The van der Waals surface area contributed by atoms with Crippen molar-refractivity contribution in [1.29, 1.82) is 0 Å². The zero-order chi connectivity index (χ0) is 15.7. The van der Waals surface area contributed by atoms with E-state index < -0.39 is 0 Å². The molecule has 0 fully saturated rings. The van der Waals surface area contributed by atoms with Crippen LogP contribution in [0.5, 0.6) is 11.5 Å². The zero-order valence-corrected chi connectivity index (χ0v) is 13.1. The molecule has 21 heavy (non-hydrogen) atoms. The SMILES string of the molecule is CCCC(CCN)CNC(=O)c1cccc(OC)c1OC. The van der Waals surface area contributed by atoms with Crippen molar-refractivity contribution < 1.29 is 14.3 Å². The summed E-state index contributed by atoms with van der Waals surface area (Å²) in [7, 11) is 3.08. The third kappa shape index (κ3) is 4.93. The third-order valence-corrected chi connectivity index (χ3v) is 3.47. The minimum Gasteiger partial charge on any atom is -0.493 e. The number of amides is 1. The number of hydrogen-bond donors (Lipinski definition) is 2. The first-order valence-electron chi connectivity index (χ1n) is 7.37. The number of para-hydroxylation sites is 1. The van der Waals surface area contributed by atoms with Crippen LogP contribution in [0.2, 0.25) is 0 Å². The molecule has 0 aromatic heterocycles. The minimum atomic E-state index is -0.149. The molecule has 0 aliphatic rings. The van der Waals surface area contributed by atoms with Crippen molar-refractivity contribution in [1.82, 2.24) is 5.32 Å². The van der Waals surface area contributed by atoms with Crippen molar-refractivity contribution in [3.05, 3.63) is 23.8 Å². The van der Waals surface area contributed by atoms with Gasteiger partial charge in [-0.2, -0.15) is 0 Å². The fraction of sp³-hybridized carbons (Fsp3) is 0.562. The predicted molar refractivity (Wildman–Crippen MR) is 83.9 cm³/mol. The highest BCUT2D eigenvalue weighted by Crippen LogP contribution is 2.30. The molecule has 1 amide bonds. The van der Waals surface area contributed by atoms with Crippen LogP contribution in [-0.2, 0) is 0 Å². The van der Waals surface area contributed by atoms with E-state index in [1.165, 1.54) is 7.11 Å². The monoisotopic (exact) mass is 294 g/mol. The third-order valence-electron chi connectivity index (χ3n) is 3.47. The van der Waals surface area contributed by atoms with Gasteiger partial charge in [-0.15, -0.1) is 0 Å². The topological polar surface area (TPSA) is 73.6 Å². The van der Waals surface area contributed by atoms with Gasteiger partial charge in [0.2, 0.25) is 0 Å². The molecular weight excluding hydrogens is 268 g/mol. The number of hydrogen-bond acceptors (Lipinski definition) is 4. The van der Waals surface area contributed by atoms with Gasteiger partial charge < -0.3 is 20.5 Å². The van der Waals surface area contributed by atoms with Gasteiger partial charge in [-0.25, -0.2) is 0 Å². The number of rotatable bonds is 9.